The third-order valence-electron chi connectivity index (χ3n) is 5.60. The van der Waals surface area contributed by atoms with Crippen LogP contribution in [0.15, 0.2) is 71.3 Å². The molecule has 0 amide bonds. The lowest BCUT2D eigenvalue weighted by Crippen LogP contribution is -2.33. The molecule has 0 saturated heterocycles. The number of benzene rings is 2. The zero-order valence-corrected chi connectivity index (χ0v) is 18.4. The lowest BCUT2D eigenvalue weighted by molar-refractivity contribution is -0.139. The molecule has 1 aliphatic carbocycles. The normalized spacial score (nSPS) is 20.9. The lowest BCUT2D eigenvalue weighted by atomic mass is 9.73. The van der Waals surface area contributed by atoms with Crippen molar-refractivity contribution in [1.82, 2.24) is 0 Å². The monoisotopic (exact) mass is 457 g/mol. The van der Waals surface area contributed by atoms with Gasteiger partial charge in [0.25, 0.3) is 0 Å². The molecule has 2 aromatic rings. The number of nitrogens with two attached hydrogens (primary N) is 1. The standard InChI is InChI=1S/C24H21Cl2NO4/c1-2-30-24(29)22-20(15-8-4-6-10-17(15)26)21-18(28)11-13(12-19(21)31-23(22)27)14-7-3-5-9-16(14)25/h3-10,13,20H,2,11-12,27H2,1H3/t13-,20-/m0/s1. The summed E-state index contributed by atoms with van der Waals surface area (Å²) < 4.78 is 11.1. The van der Waals surface area contributed by atoms with Crippen molar-refractivity contribution in [2.45, 2.75) is 31.6 Å². The molecule has 31 heavy (non-hydrogen) atoms. The Kier molecular flexibility index (Phi) is 6.08. The Hall–Kier alpha value is -2.76. The Labute approximate surface area is 190 Å². The van der Waals surface area contributed by atoms with Crippen LogP contribution in [0.2, 0.25) is 10.0 Å². The number of carbonyl (C=O) groups excluding carboxylic acids is 2. The molecular formula is C24H21Cl2NO4. The van der Waals surface area contributed by atoms with Crippen molar-refractivity contribution in [2.75, 3.05) is 6.61 Å². The molecule has 0 saturated carbocycles. The molecule has 160 valence electrons. The molecular weight excluding hydrogens is 437 g/mol. The van der Waals surface area contributed by atoms with Crippen LogP contribution in [-0.4, -0.2) is 18.4 Å². The first-order chi connectivity index (χ1) is 14.9. The van der Waals surface area contributed by atoms with Crippen LogP contribution in [-0.2, 0) is 19.1 Å². The number of esters is 1. The van der Waals surface area contributed by atoms with Crippen molar-refractivity contribution in [1.29, 1.82) is 0 Å². The van der Waals surface area contributed by atoms with Gasteiger partial charge >= 0.3 is 5.97 Å². The molecule has 5 nitrogen and oxygen atoms in total. The van der Waals surface area contributed by atoms with E-state index in [9.17, 15) is 9.59 Å². The number of carbonyl (C=O) groups is 2. The summed E-state index contributed by atoms with van der Waals surface area (Å²) in [5.74, 6) is -1.30. The van der Waals surface area contributed by atoms with E-state index in [0.717, 1.165) is 5.56 Å². The van der Waals surface area contributed by atoms with E-state index in [2.05, 4.69) is 0 Å². The van der Waals surface area contributed by atoms with Crippen LogP contribution < -0.4 is 5.73 Å². The smallest absolute Gasteiger partial charge is 0.340 e. The zero-order valence-electron chi connectivity index (χ0n) is 16.9. The summed E-state index contributed by atoms with van der Waals surface area (Å²) in [4.78, 5) is 26.2. The Morgan fingerprint density at radius 3 is 2.29 bits per heavy atom. The molecule has 2 N–H and O–H groups in total. The Morgan fingerprint density at radius 1 is 1.06 bits per heavy atom. The number of ketones is 1. The Morgan fingerprint density at radius 2 is 1.68 bits per heavy atom. The average molecular weight is 458 g/mol. The predicted molar refractivity (Wildman–Crippen MR) is 119 cm³/mol. The maximum absolute atomic E-state index is 13.4. The van der Waals surface area contributed by atoms with Gasteiger partial charge < -0.3 is 15.2 Å². The highest BCUT2D eigenvalue weighted by Crippen LogP contribution is 2.49. The van der Waals surface area contributed by atoms with E-state index >= 15 is 0 Å². The molecule has 0 spiro atoms. The number of allylic oxidation sites excluding steroid dienone is 2. The number of hydrogen-bond acceptors (Lipinski definition) is 5. The summed E-state index contributed by atoms with van der Waals surface area (Å²) in [5, 5.41) is 1.02. The van der Waals surface area contributed by atoms with Gasteiger partial charge in [-0.3, -0.25) is 4.79 Å². The largest absolute Gasteiger partial charge is 0.462 e. The minimum Gasteiger partial charge on any atom is -0.462 e. The maximum Gasteiger partial charge on any atom is 0.340 e. The Balaban J connectivity index is 1.83. The summed E-state index contributed by atoms with van der Waals surface area (Å²) in [5.41, 5.74) is 8.17. The van der Waals surface area contributed by atoms with E-state index in [-0.39, 0.29) is 36.2 Å². The molecule has 0 aromatic heterocycles. The molecule has 0 bridgehead atoms. The topological polar surface area (TPSA) is 78.6 Å². The summed E-state index contributed by atoms with van der Waals surface area (Å²) >= 11 is 12.8. The maximum atomic E-state index is 13.4. The molecule has 0 radical (unpaired) electrons. The van der Waals surface area contributed by atoms with Crippen molar-refractivity contribution in [3.05, 3.63) is 92.5 Å². The highest BCUT2D eigenvalue weighted by molar-refractivity contribution is 6.32. The first-order valence-corrected chi connectivity index (χ1v) is 10.8. The van der Waals surface area contributed by atoms with Gasteiger partial charge in [-0.2, -0.15) is 0 Å². The fourth-order valence-corrected chi connectivity index (χ4v) is 4.80. The highest BCUT2D eigenvalue weighted by atomic mass is 35.5. The fourth-order valence-electron chi connectivity index (χ4n) is 4.26. The van der Waals surface area contributed by atoms with E-state index in [0.29, 0.717) is 33.4 Å². The molecule has 2 aromatic carbocycles. The zero-order chi connectivity index (χ0) is 22.1. The molecule has 1 aliphatic heterocycles. The van der Waals surface area contributed by atoms with Crippen LogP contribution >= 0.6 is 23.2 Å². The van der Waals surface area contributed by atoms with Crippen molar-refractivity contribution in [2.24, 2.45) is 5.73 Å². The van der Waals surface area contributed by atoms with Crippen LogP contribution in [0.5, 0.6) is 0 Å². The van der Waals surface area contributed by atoms with E-state index < -0.39 is 11.9 Å². The van der Waals surface area contributed by atoms with Gasteiger partial charge in [-0.25, -0.2) is 4.79 Å². The lowest BCUT2D eigenvalue weighted by Gasteiger charge is -2.35. The molecule has 4 rings (SSSR count). The SMILES string of the molecule is CCOC(=O)C1=C(N)OC2=C(C(=O)C[C@H](c3ccccc3Cl)C2)[C@@H]1c1ccccc1Cl. The fraction of sp³-hybridized carbons (Fsp3) is 0.250. The third kappa shape index (κ3) is 3.95. The van der Waals surface area contributed by atoms with Crippen LogP contribution in [0.4, 0.5) is 0 Å². The van der Waals surface area contributed by atoms with Gasteiger partial charge in [0.15, 0.2) is 5.78 Å². The van der Waals surface area contributed by atoms with Crippen LogP contribution in [0.3, 0.4) is 0 Å². The van der Waals surface area contributed by atoms with Crippen LogP contribution in [0, 0.1) is 0 Å². The number of ether oxygens (including phenoxy) is 2. The van der Waals surface area contributed by atoms with E-state index in [1.54, 1.807) is 37.3 Å². The number of hydrogen-bond donors (Lipinski definition) is 1. The minimum absolute atomic E-state index is 0.0743. The van der Waals surface area contributed by atoms with Gasteiger partial charge in [0, 0.05) is 28.5 Å². The highest BCUT2D eigenvalue weighted by Gasteiger charge is 2.44. The van der Waals surface area contributed by atoms with E-state index in [1.165, 1.54) is 0 Å². The molecule has 7 heteroatoms. The van der Waals surface area contributed by atoms with Crippen LogP contribution in [0.25, 0.3) is 0 Å². The van der Waals surface area contributed by atoms with Gasteiger partial charge in [0.1, 0.15) is 11.3 Å². The molecule has 0 unspecified atom stereocenters. The summed E-state index contributed by atoms with van der Waals surface area (Å²) in [7, 11) is 0. The van der Waals surface area contributed by atoms with Crippen molar-refractivity contribution < 1.29 is 19.1 Å². The quantitative estimate of drug-likeness (QED) is 0.634. The molecule has 1 heterocycles. The number of rotatable bonds is 4. The Bertz CT molecular complexity index is 1120. The first-order valence-electron chi connectivity index (χ1n) is 10.0. The second kappa shape index (κ2) is 8.77. The minimum atomic E-state index is -0.754. The van der Waals surface area contributed by atoms with Gasteiger partial charge in [-0.1, -0.05) is 59.6 Å². The first kappa shape index (κ1) is 21.5. The van der Waals surface area contributed by atoms with Gasteiger partial charge in [-0.05, 0) is 36.1 Å². The van der Waals surface area contributed by atoms with Crippen molar-refractivity contribution in [3.8, 4) is 0 Å². The summed E-state index contributed by atoms with van der Waals surface area (Å²) in [6.07, 6.45) is 0.672. The molecule has 2 aliphatic rings. The number of Topliss-reactive ketones (excluding diaryl/α,β-unsaturated/α-hetero) is 1. The summed E-state index contributed by atoms with van der Waals surface area (Å²) in [6, 6.07) is 14.5. The second-order valence-corrected chi connectivity index (χ2v) is 8.26. The summed E-state index contributed by atoms with van der Waals surface area (Å²) in [6.45, 7) is 1.87. The van der Waals surface area contributed by atoms with Gasteiger partial charge in [-0.15, -0.1) is 0 Å². The van der Waals surface area contributed by atoms with Gasteiger partial charge in [0.05, 0.1) is 12.5 Å². The molecule has 2 atom stereocenters. The second-order valence-electron chi connectivity index (χ2n) is 7.44. The van der Waals surface area contributed by atoms with E-state index in [4.69, 9.17) is 38.4 Å². The third-order valence-corrected chi connectivity index (χ3v) is 6.29. The van der Waals surface area contributed by atoms with E-state index in [1.807, 2.05) is 18.2 Å². The van der Waals surface area contributed by atoms with Crippen LogP contribution in [0.1, 0.15) is 42.7 Å². The molecule has 0 fully saturated rings. The van der Waals surface area contributed by atoms with Crippen molar-refractivity contribution in [3.63, 3.8) is 0 Å². The number of halogens is 2. The predicted octanol–water partition coefficient (Wildman–Crippen LogP) is 5.24. The van der Waals surface area contributed by atoms with Crippen molar-refractivity contribution >= 4 is 35.0 Å². The average Bonchev–Trinajstić information content (AvgIpc) is 2.73. The van der Waals surface area contributed by atoms with Gasteiger partial charge in [0.2, 0.25) is 5.88 Å².